The summed E-state index contributed by atoms with van der Waals surface area (Å²) in [7, 11) is 0. The van der Waals surface area contributed by atoms with Crippen LogP contribution in [0.1, 0.15) is 22.8 Å². The maximum Gasteiger partial charge on any atom is 0.336 e. The molecule has 0 saturated heterocycles. The fourth-order valence-corrected chi connectivity index (χ4v) is 1.10. The molecule has 0 aliphatic heterocycles. The number of ether oxygens (including phenoxy) is 1. The lowest BCUT2D eigenvalue weighted by Crippen LogP contribution is -2.04. The molecule has 0 bridgehead atoms. The van der Waals surface area contributed by atoms with E-state index in [1.807, 2.05) is 0 Å². The lowest BCUT2D eigenvalue weighted by atomic mass is 10.1. The summed E-state index contributed by atoms with van der Waals surface area (Å²) in [6.07, 6.45) is 0. The Morgan fingerprint density at radius 3 is 2.86 bits per heavy atom. The lowest BCUT2D eigenvalue weighted by molar-refractivity contribution is 0.0688. The smallest absolute Gasteiger partial charge is 0.336 e. The van der Waals surface area contributed by atoms with E-state index in [1.54, 1.807) is 6.92 Å². The summed E-state index contributed by atoms with van der Waals surface area (Å²) in [5, 5.41) is 8.78. The Bertz CT molecular complexity index is 336. The monoisotopic (exact) mass is 198 g/mol. The molecule has 76 valence electrons. The second-order valence-electron chi connectivity index (χ2n) is 2.74. The summed E-state index contributed by atoms with van der Waals surface area (Å²) in [4.78, 5) is 10.7. The Morgan fingerprint density at radius 1 is 1.57 bits per heavy atom. The molecule has 0 atom stereocenters. The van der Waals surface area contributed by atoms with Crippen LogP contribution >= 0.6 is 0 Å². The third kappa shape index (κ3) is 2.53. The van der Waals surface area contributed by atoms with Crippen LogP contribution in [0.5, 0.6) is 0 Å². The van der Waals surface area contributed by atoms with Crippen molar-refractivity contribution in [3.05, 3.63) is 35.1 Å². The van der Waals surface area contributed by atoms with Crippen LogP contribution in [0.25, 0.3) is 0 Å². The van der Waals surface area contributed by atoms with Gasteiger partial charge in [0.05, 0.1) is 12.2 Å². The van der Waals surface area contributed by atoms with Crippen molar-refractivity contribution >= 4 is 5.97 Å². The number of rotatable bonds is 4. The molecule has 1 N–H and O–H groups in total. The number of hydrogen-bond donors (Lipinski definition) is 1. The largest absolute Gasteiger partial charge is 0.478 e. The van der Waals surface area contributed by atoms with E-state index in [2.05, 4.69) is 0 Å². The van der Waals surface area contributed by atoms with E-state index in [0.717, 1.165) is 6.07 Å². The first-order chi connectivity index (χ1) is 6.65. The summed E-state index contributed by atoms with van der Waals surface area (Å²) in [6, 6.07) is 3.55. The van der Waals surface area contributed by atoms with Gasteiger partial charge in [-0.3, -0.25) is 0 Å². The van der Waals surface area contributed by atoms with E-state index >= 15 is 0 Å². The molecule has 0 amide bonds. The molecule has 0 spiro atoms. The number of carboxylic acid groups (broad SMARTS) is 1. The Kier molecular flexibility index (Phi) is 3.59. The molecule has 1 rings (SSSR count). The van der Waals surface area contributed by atoms with Gasteiger partial charge in [-0.2, -0.15) is 0 Å². The van der Waals surface area contributed by atoms with Gasteiger partial charge in [0.15, 0.2) is 0 Å². The summed E-state index contributed by atoms with van der Waals surface area (Å²) in [5.74, 6) is -1.52. The topological polar surface area (TPSA) is 46.5 Å². The summed E-state index contributed by atoms with van der Waals surface area (Å²) >= 11 is 0. The minimum atomic E-state index is -1.07. The van der Waals surface area contributed by atoms with Crippen molar-refractivity contribution in [1.29, 1.82) is 0 Å². The fourth-order valence-electron chi connectivity index (χ4n) is 1.10. The first kappa shape index (κ1) is 10.7. The van der Waals surface area contributed by atoms with Crippen molar-refractivity contribution in [2.45, 2.75) is 13.5 Å². The number of benzene rings is 1. The molecular formula is C10H11FO3. The molecule has 0 aliphatic rings. The van der Waals surface area contributed by atoms with Crippen molar-refractivity contribution < 1.29 is 19.0 Å². The first-order valence-electron chi connectivity index (χ1n) is 4.24. The van der Waals surface area contributed by atoms with Gasteiger partial charge in [-0.25, -0.2) is 9.18 Å². The third-order valence-electron chi connectivity index (χ3n) is 1.76. The third-order valence-corrected chi connectivity index (χ3v) is 1.76. The average Bonchev–Trinajstić information content (AvgIpc) is 2.14. The SMILES string of the molecule is CCOCc1cc(F)ccc1C(=O)O. The van der Waals surface area contributed by atoms with Crippen LogP contribution in [0, 0.1) is 5.82 Å². The van der Waals surface area contributed by atoms with E-state index in [1.165, 1.54) is 12.1 Å². The van der Waals surface area contributed by atoms with Gasteiger partial charge < -0.3 is 9.84 Å². The molecular weight excluding hydrogens is 187 g/mol. The normalized spacial score (nSPS) is 10.1. The Morgan fingerprint density at radius 2 is 2.29 bits per heavy atom. The van der Waals surface area contributed by atoms with Crippen LogP contribution in [0.3, 0.4) is 0 Å². The molecule has 0 aromatic heterocycles. The fraction of sp³-hybridized carbons (Fsp3) is 0.300. The van der Waals surface area contributed by atoms with Crippen molar-refractivity contribution in [3.8, 4) is 0 Å². The maximum atomic E-state index is 12.8. The van der Waals surface area contributed by atoms with Crippen LogP contribution in [0.4, 0.5) is 4.39 Å². The van der Waals surface area contributed by atoms with Crippen molar-refractivity contribution in [3.63, 3.8) is 0 Å². The highest BCUT2D eigenvalue weighted by Crippen LogP contribution is 2.12. The molecule has 0 heterocycles. The van der Waals surface area contributed by atoms with Crippen LogP contribution in [-0.4, -0.2) is 17.7 Å². The highest BCUT2D eigenvalue weighted by Gasteiger charge is 2.10. The van der Waals surface area contributed by atoms with Gasteiger partial charge in [0.2, 0.25) is 0 Å². The predicted octanol–water partition coefficient (Wildman–Crippen LogP) is 2.06. The van der Waals surface area contributed by atoms with E-state index in [4.69, 9.17) is 9.84 Å². The van der Waals surface area contributed by atoms with Crippen LogP contribution in [-0.2, 0) is 11.3 Å². The van der Waals surface area contributed by atoms with Gasteiger partial charge in [0.25, 0.3) is 0 Å². The highest BCUT2D eigenvalue weighted by atomic mass is 19.1. The Hall–Kier alpha value is -1.42. The van der Waals surface area contributed by atoms with E-state index in [0.29, 0.717) is 12.2 Å². The molecule has 0 saturated carbocycles. The highest BCUT2D eigenvalue weighted by molar-refractivity contribution is 5.89. The van der Waals surface area contributed by atoms with Crippen LogP contribution in [0.2, 0.25) is 0 Å². The van der Waals surface area contributed by atoms with E-state index < -0.39 is 11.8 Å². The van der Waals surface area contributed by atoms with Gasteiger partial charge in [0.1, 0.15) is 5.82 Å². The van der Waals surface area contributed by atoms with Crippen LogP contribution < -0.4 is 0 Å². The molecule has 1 aromatic carbocycles. The molecule has 0 aliphatic carbocycles. The number of hydrogen-bond acceptors (Lipinski definition) is 2. The summed E-state index contributed by atoms with van der Waals surface area (Å²) in [5.41, 5.74) is 0.444. The van der Waals surface area contributed by atoms with Gasteiger partial charge in [-0.1, -0.05) is 0 Å². The molecule has 14 heavy (non-hydrogen) atoms. The number of halogens is 1. The van der Waals surface area contributed by atoms with E-state index in [9.17, 15) is 9.18 Å². The standard InChI is InChI=1S/C10H11FO3/c1-2-14-6-7-5-8(11)3-4-9(7)10(12)13/h3-5H,2,6H2,1H3,(H,12,13). The summed E-state index contributed by atoms with van der Waals surface area (Å²) < 4.78 is 17.8. The minimum absolute atomic E-state index is 0.0832. The van der Waals surface area contributed by atoms with Crippen molar-refractivity contribution in [2.24, 2.45) is 0 Å². The zero-order valence-electron chi connectivity index (χ0n) is 7.79. The molecule has 0 fully saturated rings. The molecule has 1 aromatic rings. The zero-order chi connectivity index (χ0) is 10.6. The molecule has 0 radical (unpaired) electrons. The lowest BCUT2D eigenvalue weighted by Gasteiger charge is -2.05. The van der Waals surface area contributed by atoms with E-state index in [-0.39, 0.29) is 12.2 Å². The van der Waals surface area contributed by atoms with Crippen molar-refractivity contribution in [1.82, 2.24) is 0 Å². The van der Waals surface area contributed by atoms with Gasteiger partial charge in [0, 0.05) is 6.61 Å². The summed E-state index contributed by atoms with van der Waals surface area (Å²) in [6.45, 7) is 2.38. The first-order valence-corrected chi connectivity index (χ1v) is 4.24. The van der Waals surface area contributed by atoms with Crippen LogP contribution in [0.15, 0.2) is 18.2 Å². The van der Waals surface area contributed by atoms with Gasteiger partial charge in [-0.05, 0) is 30.7 Å². The van der Waals surface area contributed by atoms with Gasteiger partial charge >= 0.3 is 5.97 Å². The second kappa shape index (κ2) is 4.72. The Labute approximate surface area is 81.1 Å². The minimum Gasteiger partial charge on any atom is -0.478 e. The second-order valence-corrected chi connectivity index (χ2v) is 2.74. The Balaban J connectivity index is 2.97. The van der Waals surface area contributed by atoms with Gasteiger partial charge in [-0.15, -0.1) is 0 Å². The van der Waals surface area contributed by atoms with Crippen molar-refractivity contribution in [2.75, 3.05) is 6.61 Å². The molecule has 3 nitrogen and oxygen atoms in total. The zero-order valence-corrected chi connectivity index (χ0v) is 7.79. The average molecular weight is 198 g/mol. The molecule has 4 heteroatoms. The molecule has 0 unspecified atom stereocenters. The maximum absolute atomic E-state index is 12.8. The number of carboxylic acids is 1. The number of aromatic carboxylic acids is 1. The predicted molar refractivity (Wildman–Crippen MR) is 48.7 cm³/mol. The quantitative estimate of drug-likeness (QED) is 0.805. The number of carbonyl (C=O) groups is 1.